The molecule has 0 aromatic heterocycles. The Labute approximate surface area is 113 Å². The summed E-state index contributed by atoms with van der Waals surface area (Å²) in [5, 5.41) is 12.6. The minimum atomic E-state index is -0.790. The highest BCUT2D eigenvalue weighted by molar-refractivity contribution is 6.30. The van der Waals surface area contributed by atoms with Crippen LogP contribution in [0.5, 0.6) is 0 Å². The number of aliphatic carboxylic acids is 1. The van der Waals surface area contributed by atoms with E-state index in [9.17, 15) is 4.79 Å². The molecule has 0 fully saturated rings. The van der Waals surface area contributed by atoms with Crippen molar-refractivity contribution in [2.45, 2.75) is 12.5 Å². The molecule has 1 unspecified atom stereocenters. The normalized spacial score (nSPS) is 12.7. The van der Waals surface area contributed by atoms with Gasteiger partial charge in [0.15, 0.2) is 0 Å². The molecular weight excluding hydrogens is 252 g/mol. The first-order valence-electron chi connectivity index (χ1n) is 5.84. The fourth-order valence-corrected chi connectivity index (χ4v) is 1.83. The van der Waals surface area contributed by atoms with Gasteiger partial charge in [0.25, 0.3) is 0 Å². The van der Waals surface area contributed by atoms with Crippen molar-refractivity contribution >= 4 is 17.6 Å². The van der Waals surface area contributed by atoms with Crippen LogP contribution < -0.4 is 5.32 Å². The molecule has 0 spiro atoms. The molecule has 0 heterocycles. The molecule has 18 heavy (non-hydrogen) atoms. The van der Waals surface area contributed by atoms with Crippen LogP contribution in [0.25, 0.3) is 0 Å². The van der Waals surface area contributed by atoms with E-state index < -0.39 is 5.97 Å². The summed E-state index contributed by atoms with van der Waals surface area (Å²) in [4.78, 5) is 12.6. The van der Waals surface area contributed by atoms with Gasteiger partial charge in [0.2, 0.25) is 0 Å². The van der Waals surface area contributed by atoms with Gasteiger partial charge in [-0.1, -0.05) is 23.7 Å². The van der Waals surface area contributed by atoms with Crippen molar-refractivity contribution in [2.24, 2.45) is 0 Å². The van der Waals surface area contributed by atoms with Gasteiger partial charge in [0.05, 0.1) is 6.42 Å². The van der Waals surface area contributed by atoms with Crippen LogP contribution in [0.15, 0.2) is 24.3 Å². The summed E-state index contributed by atoms with van der Waals surface area (Å²) in [5.74, 6) is -0.790. The summed E-state index contributed by atoms with van der Waals surface area (Å²) in [7, 11) is 3.98. The average Bonchev–Trinajstić information content (AvgIpc) is 2.28. The molecule has 0 aliphatic rings. The van der Waals surface area contributed by atoms with Crippen molar-refractivity contribution in [3.8, 4) is 0 Å². The molecule has 1 aromatic carbocycles. The Morgan fingerprint density at radius 3 is 2.50 bits per heavy atom. The third-order valence-electron chi connectivity index (χ3n) is 2.55. The molecule has 4 nitrogen and oxygen atoms in total. The van der Waals surface area contributed by atoms with E-state index in [1.54, 1.807) is 0 Å². The lowest BCUT2D eigenvalue weighted by Gasteiger charge is -2.22. The number of hydrogen-bond acceptors (Lipinski definition) is 3. The highest BCUT2D eigenvalue weighted by atomic mass is 35.5. The number of nitrogens with zero attached hydrogens (tertiary/aromatic N) is 1. The minimum Gasteiger partial charge on any atom is -0.481 e. The average molecular weight is 271 g/mol. The monoisotopic (exact) mass is 270 g/mol. The van der Waals surface area contributed by atoms with Crippen LogP contribution in [-0.2, 0) is 4.79 Å². The Morgan fingerprint density at radius 1 is 1.39 bits per heavy atom. The summed E-state index contributed by atoms with van der Waals surface area (Å²) in [6.45, 7) is 1.26. The zero-order chi connectivity index (χ0) is 13.5. The molecule has 2 N–H and O–H groups in total. The fraction of sp³-hybridized carbons (Fsp3) is 0.462. The van der Waals surface area contributed by atoms with E-state index in [1.807, 2.05) is 38.4 Å². The van der Waals surface area contributed by atoms with Crippen LogP contribution in [0.2, 0.25) is 5.02 Å². The molecule has 100 valence electrons. The van der Waals surface area contributed by atoms with Crippen LogP contribution in [-0.4, -0.2) is 43.2 Å². The van der Waals surface area contributed by atoms with Crippen LogP contribution >= 0.6 is 11.6 Å². The van der Waals surface area contributed by atoms with E-state index in [1.165, 1.54) is 0 Å². The second-order valence-corrected chi connectivity index (χ2v) is 4.90. The van der Waals surface area contributed by atoms with Crippen molar-refractivity contribution in [1.82, 2.24) is 10.2 Å². The van der Waals surface area contributed by atoms with Gasteiger partial charge in [0.1, 0.15) is 0 Å². The number of carboxylic acid groups (broad SMARTS) is 1. The summed E-state index contributed by atoms with van der Waals surface area (Å²) in [5.41, 5.74) is 1.11. The maximum Gasteiger partial charge on any atom is 0.304 e. The number of halogens is 1. The zero-order valence-electron chi connectivity index (χ0n) is 10.7. The first-order chi connectivity index (χ1) is 8.49. The molecule has 0 aliphatic heterocycles. The predicted octanol–water partition coefficient (Wildman–Crippen LogP) is 2.01. The summed E-state index contributed by atoms with van der Waals surface area (Å²) < 4.78 is 0. The molecule has 0 amide bonds. The SMILES string of the molecule is CN(C)CC(NCCC(=O)O)c1ccc(Cl)cc1. The smallest absolute Gasteiger partial charge is 0.304 e. The molecular formula is C13H19ClN2O2. The number of carbonyl (C=O) groups is 1. The van der Waals surface area contributed by atoms with E-state index in [2.05, 4.69) is 10.2 Å². The molecule has 0 bridgehead atoms. The molecule has 1 aromatic rings. The molecule has 0 saturated heterocycles. The van der Waals surface area contributed by atoms with Gasteiger partial charge >= 0.3 is 5.97 Å². The van der Waals surface area contributed by atoms with Gasteiger partial charge < -0.3 is 15.3 Å². The van der Waals surface area contributed by atoms with Gasteiger partial charge in [-0.2, -0.15) is 0 Å². The summed E-state index contributed by atoms with van der Waals surface area (Å²) in [6, 6.07) is 7.72. The Bertz CT molecular complexity index is 379. The Hall–Kier alpha value is -1.10. The largest absolute Gasteiger partial charge is 0.481 e. The fourth-order valence-electron chi connectivity index (χ4n) is 1.70. The van der Waals surface area contributed by atoms with Gasteiger partial charge in [-0.05, 0) is 31.8 Å². The van der Waals surface area contributed by atoms with Crippen LogP contribution in [0.4, 0.5) is 0 Å². The second kappa shape index (κ2) is 7.36. The number of carboxylic acids is 1. The Balaban J connectivity index is 2.65. The maximum atomic E-state index is 10.5. The summed E-state index contributed by atoms with van der Waals surface area (Å²) in [6.07, 6.45) is 0.123. The van der Waals surface area contributed by atoms with E-state index in [4.69, 9.17) is 16.7 Å². The van der Waals surface area contributed by atoms with Gasteiger partial charge in [-0.25, -0.2) is 0 Å². The highest BCUT2D eigenvalue weighted by Gasteiger charge is 2.12. The Morgan fingerprint density at radius 2 is 2.00 bits per heavy atom. The molecule has 0 saturated carbocycles. The molecule has 1 rings (SSSR count). The van der Waals surface area contributed by atoms with E-state index in [0.717, 1.165) is 12.1 Å². The van der Waals surface area contributed by atoms with Crippen LogP contribution in [0.1, 0.15) is 18.0 Å². The second-order valence-electron chi connectivity index (χ2n) is 4.46. The lowest BCUT2D eigenvalue weighted by atomic mass is 10.1. The number of hydrogen-bond donors (Lipinski definition) is 2. The highest BCUT2D eigenvalue weighted by Crippen LogP contribution is 2.17. The van der Waals surface area contributed by atoms with Gasteiger partial charge in [-0.3, -0.25) is 4.79 Å². The van der Waals surface area contributed by atoms with Gasteiger partial charge in [-0.15, -0.1) is 0 Å². The Kier molecular flexibility index (Phi) is 6.12. The van der Waals surface area contributed by atoms with Crippen molar-refractivity contribution in [1.29, 1.82) is 0 Å². The third-order valence-corrected chi connectivity index (χ3v) is 2.80. The lowest BCUT2D eigenvalue weighted by Crippen LogP contribution is -2.32. The quantitative estimate of drug-likeness (QED) is 0.796. The van der Waals surface area contributed by atoms with E-state index in [-0.39, 0.29) is 12.5 Å². The van der Waals surface area contributed by atoms with Crippen molar-refractivity contribution in [2.75, 3.05) is 27.2 Å². The predicted molar refractivity (Wildman–Crippen MR) is 73.0 cm³/mol. The van der Waals surface area contributed by atoms with Crippen LogP contribution in [0.3, 0.4) is 0 Å². The number of nitrogens with one attached hydrogen (secondary N) is 1. The molecule has 5 heteroatoms. The van der Waals surface area contributed by atoms with Gasteiger partial charge in [0, 0.05) is 24.2 Å². The van der Waals surface area contributed by atoms with E-state index >= 15 is 0 Å². The number of likely N-dealkylation sites (N-methyl/N-ethyl adjacent to an activating group) is 1. The standard InChI is InChI=1S/C13H19ClN2O2/c1-16(2)9-12(15-8-7-13(17)18)10-3-5-11(14)6-4-10/h3-6,12,15H,7-9H2,1-2H3,(H,17,18). The maximum absolute atomic E-state index is 10.5. The van der Waals surface area contributed by atoms with Crippen molar-refractivity contribution in [3.05, 3.63) is 34.9 Å². The summed E-state index contributed by atoms with van der Waals surface area (Å²) >= 11 is 5.86. The van der Waals surface area contributed by atoms with Crippen molar-refractivity contribution < 1.29 is 9.90 Å². The third kappa shape index (κ3) is 5.49. The zero-order valence-corrected chi connectivity index (χ0v) is 11.4. The number of benzene rings is 1. The van der Waals surface area contributed by atoms with Crippen molar-refractivity contribution in [3.63, 3.8) is 0 Å². The number of rotatable bonds is 7. The van der Waals surface area contributed by atoms with E-state index in [0.29, 0.717) is 11.6 Å². The lowest BCUT2D eigenvalue weighted by molar-refractivity contribution is -0.136. The first-order valence-corrected chi connectivity index (χ1v) is 6.22. The molecule has 0 aliphatic carbocycles. The van der Waals surface area contributed by atoms with Crippen LogP contribution in [0, 0.1) is 0 Å². The minimum absolute atomic E-state index is 0.108. The topological polar surface area (TPSA) is 52.6 Å². The first kappa shape index (κ1) is 15.0. The molecule has 1 atom stereocenters. The molecule has 0 radical (unpaired) electrons.